The third kappa shape index (κ3) is 12.2. The summed E-state index contributed by atoms with van der Waals surface area (Å²) in [6.07, 6.45) is -17.8. The van der Waals surface area contributed by atoms with E-state index in [1.165, 1.54) is 0 Å². The summed E-state index contributed by atoms with van der Waals surface area (Å²) < 4.78 is 67.0. The van der Waals surface area contributed by atoms with Crippen LogP contribution in [-0.4, -0.2) is 140 Å². The van der Waals surface area contributed by atoms with Gasteiger partial charge in [-0.1, -0.05) is 0 Å². The fraction of sp³-hybridized carbons (Fsp3) is 1.00. The van der Waals surface area contributed by atoms with Gasteiger partial charge in [0.1, 0.15) is 42.7 Å². The molecule has 0 aromatic heterocycles. The molecule has 1 saturated carbocycles. The summed E-state index contributed by atoms with van der Waals surface area (Å²) in [4.78, 5) is 63.8. The van der Waals surface area contributed by atoms with Crippen molar-refractivity contribution in [3.8, 4) is 0 Å². The first-order valence-electron chi connectivity index (χ1n) is 8.18. The largest absolute Gasteiger partial charge is 0.472 e. The second-order valence-electron chi connectivity index (χ2n) is 6.33. The number of hydrogen-bond acceptors (Lipinski definition) is 13. The monoisotopic (exact) mass is 597 g/mol. The fourth-order valence-electron chi connectivity index (χ4n) is 2.53. The summed E-state index contributed by atoms with van der Waals surface area (Å²) >= 11 is 0. The van der Waals surface area contributed by atoms with Crippen molar-refractivity contribution in [2.45, 2.75) is 42.7 Å². The number of aliphatic hydroxyl groups is 4. The van der Waals surface area contributed by atoms with Gasteiger partial charge in [-0.15, -0.1) is 0 Å². The number of rotatable bonds is 12. The number of hydrogen-bond donors (Lipinski definition) is 11. The number of phosphoric acid groups is 4. The van der Waals surface area contributed by atoms with Crippen molar-refractivity contribution in [1.29, 1.82) is 0 Å². The van der Waals surface area contributed by atoms with Crippen LogP contribution in [0.4, 0.5) is 0 Å². The van der Waals surface area contributed by atoms with Gasteiger partial charge in [-0.3, -0.25) is 22.6 Å². The molecule has 1 aliphatic rings. The normalized spacial score (nSPS) is 31.4. The van der Waals surface area contributed by atoms with Crippen molar-refractivity contribution in [2.24, 2.45) is 0 Å². The van der Waals surface area contributed by atoms with Crippen molar-refractivity contribution in [3.63, 3.8) is 0 Å². The predicted molar refractivity (Wildman–Crippen MR) is 102 cm³/mol. The molecule has 8 atom stereocenters. The van der Waals surface area contributed by atoms with Gasteiger partial charge < -0.3 is 54.7 Å². The van der Waals surface area contributed by atoms with Crippen LogP contribution in [0.25, 0.3) is 0 Å². The molecule has 0 saturated heterocycles. The van der Waals surface area contributed by atoms with Gasteiger partial charge in [0, 0.05) is 29.6 Å². The van der Waals surface area contributed by atoms with Gasteiger partial charge in [-0.05, 0) is 0 Å². The average Bonchev–Trinajstić information content (AvgIpc) is 2.60. The quantitative estimate of drug-likeness (QED) is 0.0747. The van der Waals surface area contributed by atoms with Gasteiger partial charge in [0.05, 0.1) is 13.2 Å². The van der Waals surface area contributed by atoms with E-state index >= 15 is 0 Å². The molecule has 11 N–H and O–H groups in total. The van der Waals surface area contributed by atoms with E-state index in [0.29, 0.717) is 0 Å². The third-order valence-corrected chi connectivity index (χ3v) is 6.21. The van der Waals surface area contributed by atoms with Crippen molar-refractivity contribution >= 4 is 60.8 Å². The summed E-state index contributed by atoms with van der Waals surface area (Å²) in [7, 11) is -22.5. The molecule has 199 valence electrons. The molecule has 20 nitrogen and oxygen atoms in total. The maximum atomic E-state index is 12.0. The Kier molecular flexibility index (Phi) is 13.9. The molecule has 3 unspecified atom stereocenters. The molecule has 0 heterocycles. The molecule has 1 rings (SSSR count). The first kappa shape index (κ1) is 35.3. The predicted octanol–water partition coefficient (Wildman–Crippen LogP) is -4.37. The molecule has 0 amide bonds. The molecule has 25 heteroatoms. The standard InChI is InChI=1S/C9H22O20P4.Na/c10-1-3(11)2-25-33(23,24)29-6-4(12)7(26-30(14,15)16)9(28-32(20,21)22)8(5(6)13)27-31(17,18)19;/h3-13H,1-2H2,(H,23,24)(H2,14,15,16)(H2,17,18,19)(H2,20,21,22);/t3-,4+,5+,6?,7-,8+,9?;/m1./s1. The molecule has 0 aliphatic heterocycles. The Morgan fingerprint density at radius 1 is 0.647 bits per heavy atom. The fourth-order valence-corrected chi connectivity index (χ4v) is 5.19. The van der Waals surface area contributed by atoms with Crippen LogP contribution in [0.2, 0.25) is 0 Å². The van der Waals surface area contributed by atoms with E-state index in [0.717, 1.165) is 0 Å². The van der Waals surface area contributed by atoms with E-state index in [4.69, 9.17) is 39.6 Å². The van der Waals surface area contributed by atoms with Crippen molar-refractivity contribution in [3.05, 3.63) is 0 Å². The topological polar surface area (TPSA) is 337 Å². The molecule has 0 spiro atoms. The van der Waals surface area contributed by atoms with Gasteiger partial charge in [0.25, 0.3) is 0 Å². The minimum Gasteiger partial charge on any atom is -0.394 e. The zero-order chi connectivity index (χ0) is 26.0. The molecular formula is C9H22NaO20P4. The van der Waals surface area contributed by atoms with Crippen LogP contribution in [0.15, 0.2) is 0 Å². The van der Waals surface area contributed by atoms with Crippen molar-refractivity contribution in [1.82, 2.24) is 0 Å². The maximum Gasteiger partial charge on any atom is 0.472 e. The second kappa shape index (κ2) is 13.4. The molecule has 34 heavy (non-hydrogen) atoms. The van der Waals surface area contributed by atoms with Crippen LogP contribution in [0.5, 0.6) is 0 Å². The van der Waals surface area contributed by atoms with E-state index in [9.17, 15) is 33.4 Å². The minimum atomic E-state index is -5.69. The molecular weight excluding hydrogens is 575 g/mol. The summed E-state index contributed by atoms with van der Waals surface area (Å²) in [5.41, 5.74) is 0. The van der Waals surface area contributed by atoms with Gasteiger partial charge >= 0.3 is 31.3 Å². The molecule has 0 aromatic rings. The first-order valence-corrected chi connectivity index (χ1v) is 14.3. The Bertz CT molecular complexity index is 798. The van der Waals surface area contributed by atoms with Gasteiger partial charge in [-0.25, -0.2) is 18.3 Å². The van der Waals surface area contributed by atoms with Gasteiger partial charge in [0.2, 0.25) is 0 Å². The number of phosphoric ester groups is 4. The first-order chi connectivity index (χ1) is 14.7. The molecule has 0 bridgehead atoms. The summed E-state index contributed by atoms with van der Waals surface area (Å²) in [6, 6.07) is 0. The molecule has 0 aromatic carbocycles. The van der Waals surface area contributed by atoms with E-state index in [-0.39, 0.29) is 29.6 Å². The van der Waals surface area contributed by atoms with Crippen LogP contribution in [0.3, 0.4) is 0 Å². The zero-order valence-electron chi connectivity index (χ0n) is 16.8. The SMILES string of the molecule is O=P(O)(O)OC1[C@@H](OP(=O)(O)O)[C@@H](O)C(OP(=O)(O)OC[C@H](O)CO)[C@H](O)[C@H]1OP(=O)(O)O.[Na]. The van der Waals surface area contributed by atoms with Gasteiger partial charge in [-0.2, -0.15) is 0 Å². The van der Waals surface area contributed by atoms with Crippen LogP contribution in [-0.2, 0) is 40.9 Å². The van der Waals surface area contributed by atoms with Crippen molar-refractivity contribution < 1.29 is 95.6 Å². The van der Waals surface area contributed by atoms with E-state index in [1.54, 1.807) is 0 Å². The van der Waals surface area contributed by atoms with E-state index in [2.05, 4.69) is 22.6 Å². The summed E-state index contributed by atoms with van der Waals surface area (Å²) in [6.45, 7) is -1.98. The zero-order valence-corrected chi connectivity index (χ0v) is 22.4. The second-order valence-corrected chi connectivity index (χ2v) is 11.3. The Labute approximate surface area is 212 Å². The summed E-state index contributed by atoms with van der Waals surface area (Å²) in [5, 5.41) is 38.5. The van der Waals surface area contributed by atoms with E-state index in [1.807, 2.05) is 0 Å². The third-order valence-electron chi connectivity index (χ3n) is 3.67. The van der Waals surface area contributed by atoms with Gasteiger partial charge in [0.15, 0.2) is 0 Å². The Morgan fingerprint density at radius 2 is 1.00 bits per heavy atom. The average molecular weight is 597 g/mol. The molecule has 1 radical (unpaired) electrons. The molecule has 1 fully saturated rings. The number of aliphatic hydroxyl groups excluding tert-OH is 4. The van der Waals surface area contributed by atoms with Crippen molar-refractivity contribution in [2.75, 3.05) is 13.2 Å². The summed E-state index contributed by atoms with van der Waals surface area (Å²) in [5.74, 6) is 0. The minimum absolute atomic E-state index is 0. The Hall–Kier alpha value is 1.28. The molecule has 1 aliphatic carbocycles. The van der Waals surface area contributed by atoms with Crippen LogP contribution in [0.1, 0.15) is 0 Å². The van der Waals surface area contributed by atoms with Crippen LogP contribution < -0.4 is 0 Å². The Balaban J connectivity index is 0.0000109. The maximum absolute atomic E-state index is 12.0. The van der Waals surface area contributed by atoms with E-state index < -0.39 is 87.2 Å². The van der Waals surface area contributed by atoms with Crippen LogP contribution in [0, 0.1) is 0 Å². The van der Waals surface area contributed by atoms with Crippen LogP contribution >= 0.6 is 31.3 Å². The smallest absolute Gasteiger partial charge is 0.394 e. The Morgan fingerprint density at radius 3 is 1.32 bits per heavy atom.